The number of benzene rings is 2. The van der Waals surface area contributed by atoms with Crippen LogP contribution in [0.5, 0.6) is 5.75 Å². The van der Waals surface area contributed by atoms with Gasteiger partial charge in [0.05, 0.1) is 24.3 Å². The molecule has 0 aliphatic carbocycles. The fourth-order valence-corrected chi connectivity index (χ4v) is 3.21. The van der Waals surface area contributed by atoms with E-state index in [1.54, 1.807) is 19.2 Å². The highest BCUT2D eigenvalue weighted by molar-refractivity contribution is 5.92. The Kier molecular flexibility index (Phi) is 5.32. The number of ether oxygens (including phenoxy) is 1. The second-order valence-corrected chi connectivity index (χ2v) is 6.42. The van der Waals surface area contributed by atoms with Crippen LogP contribution in [-0.4, -0.2) is 22.8 Å². The Balaban J connectivity index is 2.03. The normalized spacial score (nSPS) is 11.1. The van der Waals surface area contributed by atoms with Crippen molar-refractivity contribution in [2.45, 2.75) is 13.8 Å². The van der Waals surface area contributed by atoms with Gasteiger partial charge in [0.2, 0.25) is 0 Å². The zero-order valence-electron chi connectivity index (χ0n) is 15.9. The summed E-state index contributed by atoms with van der Waals surface area (Å²) >= 11 is 0. The first-order valence-corrected chi connectivity index (χ1v) is 8.73. The summed E-state index contributed by atoms with van der Waals surface area (Å²) in [7, 11) is 1.64. The van der Waals surface area contributed by atoms with E-state index in [9.17, 15) is 10.1 Å². The molecule has 0 aliphatic heterocycles. The number of carboxylic acids is 1. The fourth-order valence-electron chi connectivity index (χ4n) is 3.21. The van der Waals surface area contributed by atoms with Crippen molar-refractivity contribution in [1.82, 2.24) is 4.57 Å². The Labute approximate surface area is 163 Å². The Bertz CT molecular complexity index is 1100. The molecule has 1 heterocycles. The molecule has 5 nitrogen and oxygen atoms in total. The van der Waals surface area contributed by atoms with Crippen LogP contribution in [0.15, 0.2) is 54.6 Å². The predicted molar refractivity (Wildman–Crippen MR) is 109 cm³/mol. The van der Waals surface area contributed by atoms with Crippen LogP contribution in [0.1, 0.15) is 32.9 Å². The number of carboxylic acid groups (broad SMARTS) is 1. The molecule has 0 unspecified atom stereocenters. The van der Waals surface area contributed by atoms with Crippen molar-refractivity contribution >= 4 is 17.6 Å². The van der Waals surface area contributed by atoms with Gasteiger partial charge in [-0.05, 0) is 61.4 Å². The Morgan fingerprint density at radius 3 is 2.39 bits per heavy atom. The van der Waals surface area contributed by atoms with Crippen LogP contribution in [0.2, 0.25) is 0 Å². The Morgan fingerprint density at radius 2 is 1.79 bits per heavy atom. The van der Waals surface area contributed by atoms with Crippen LogP contribution in [0, 0.1) is 25.2 Å². The molecule has 28 heavy (non-hydrogen) atoms. The highest BCUT2D eigenvalue weighted by Gasteiger charge is 2.12. The second-order valence-electron chi connectivity index (χ2n) is 6.42. The minimum Gasteiger partial charge on any atom is -0.497 e. The van der Waals surface area contributed by atoms with E-state index in [1.165, 1.54) is 12.1 Å². The Morgan fingerprint density at radius 1 is 1.11 bits per heavy atom. The maximum Gasteiger partial charge on any atom is 0.335 e. The standard InChI is InChI=1S/C23H20N2O3/c1-15-11-19(16(2)25(15)21-5-4-6-22(13-21)28-3)12-20(14-24)17-7-9-18(10-8-17)23(26)27/h4-13H,1-3H3,(H,26,27). The van der Waals surface area contributed by atoms with E-state index in [0.717, 1.165) is 28.4 Å². The van der Waals surface area contributed by atoms with Crippen LogP contribution < -0.4 is 4.74 Å². The molecule has 0 aliphatic rings. The molecule has 0 fully saturated rings. The average Bonchev–Trinajstić information content (AvgIpc) is 2.99. The lowest BCUT2D eigenvalue weighted by Crippen LogP contribution is -1.99. The molecule has 0 bridgehead atoms. The molecular weight excluding hydrogens is 352 g/mol. The number of hydrogen-bond acceptors (Lipinski definition) is 3. The fraction of sp³-hybridized carbons (Fsp3) is 0.130. The maximum atomic E-state index is 11.0. The molecule has 5 heteroatoms. The highest BCUT2D eigenvalue weighted by Crippen LogP contribution is 2.27. The summed E-state index contributed by atoms with van der Waals surface area (Å²) in [4.78, 5) is 11.0. The van der Waals surface area contributed by atoms with Gasteiger partial charge in [-0.25, -0.2) is 4.79 Å². The molecule has 0 radical (unpaired) electrons. The van der Waals surface area contributed by atoms with E-state index in [1.807, 2.05) is 50.3 Å². The average molecular weight is 372 g/mol. The van der Waals surface area contributed by atoms with E-state index in [4.69, 9.17) is 9.84 Å². The van der Waals surface area contributed by atoms with Gasteiger partial charge in [-0.1, -0.05) is 18.2 Å². The molecule has 2 aromatic carbocycles. The van der Waals surface area contributed by atoms with Crippen molar-refractivity contribution in [2.75, 3.05) is 7.11 Å². The van der Waals surface area contributed by atoms with Gasteiger partial charge in [-0.2, -0.15) is 5.26 Å². The summed E-state index contributed by atoms with van der Waals surface area (Å²) in [5.41, 5.74) is 5.30. The molecule has 3 rings (SSSR count). The topological polar surface area (TPSA) is 75.2 Å². The highest BCUT2D eigenvalue weighted by atomic mass is 16.5. The molecule has 3 aromatic rings. The summed E-state index contributed by atoms with van der Waals surface area (Å²) in [5.74, 6) is -0.214. The lowest BCUT2D eigenvalue weighted by atomic mass is 10.0. The lowest BCUT2D eigenvalue weighted by Gasteiger charge is -2.11. The lowest BCUT2D eigenvalue weighted by molar-refractivity contribution is 0.0697. The SMILES string of the molecule is COc1cccc(-n2c(C)cc(C=C(C#N)c3ccc(C(=O)O)cc3)c2C)c1. The number of nitrogens with zero attached hydrogens (tertiary/aromatic N) is 2. The minimum atomic E-state index is -0.990. The van der Waals surface area contributed by atoms with Crippen molar-refractivity contribution < 1.29 is 14.6 Å². The summed E-state index contributed by atoms with van der Waals surface area (Å²) in [6, 6.07) is 18.4. The summed E-state index contributed by atoms with van der Waals surface area (Å²) in [6.07, 6.45) is 1.83. The van der Waals surface area contributed by atoms with Crippen molar-refractivity contribution in [1.29, 1.82) is 5.26 Å². The number of rotatable bonds is 5. The summed E-state index contributed by atoms with van der Waals surface area (Å²) in [6.45, 7) is 4.01. The third-order valence-corrected chi connectivity index (χ3v) is 4.64. The maximum absolute atomic E-state index is 11.0. The van der Waals surface area contributed by atoms with E-state index < -0.39 is 5.97 Å². The van der Waals surface area contributed by atoms with Gasteiger partial charge in [-0.15, -0.1) is 0 Å². The third kappa shape index (κ3) is 3.67. The molecule has 0 spiro atoms. The first-order chi connectivity index (χ1) is 13.4. The van der Waals surface area contributed by atoms with Crippen molar-refractivity contribution in [3.05, 3.63) is 82.7 Å². The van der Waals surface area contributed by atoms with E-state index in [2.05, 4.69) is 10.6 Å². The monoisotopic (exact) mass is 372 g/mol. The van der Waals surface area contributed by atoms with Gasteiger partial charge >= 0.3 is 5.97 Å². The minimum absolute atomic E-state index is 0.192. The number of nitriles is 1. The first kappa shape index (κ1) is 19.0. The number of methoxy groups -OCH3 is 1. The molecule has 0 saturated heterocycles. The summed E-state index contributed by atoms with van der Waals surface area (Å²) < 4.78 is 7.43. The first-order valence-electron chi connectivity index (χ1n) is 8.73. The molecule has 1 aromatic heterocycles. The van der Waals surface area contributed by atoms with Gasteiger partial charge in [0.25, 0.3) is 0 Å². The number of allylic oxidation sites excluding steroid dienone is 1. The van der Waals surface area contributed by atoms with Gasteiger partial charge in [0.15, 0.2) is 0 Å². The van der Waals surface area contributed by atoms with Crippen LogP contribution in [-0.2, 0) is 0 Å². The number of aryl methyl sites for hydroxylation is 1. The van der Waals surface area contributed by atoms with E-state index in [0.29, 0.717) is 11.1 Å². The van der Waals surface area contributed by atoms with Gasteiger partial charge in [0, 0.05) is 23.1 Å². The van der Waals surface area contributed by atoms with Gasteiger partial charge in [-0.3, -0.25) is 0 Å². The van der Waals surface area contributed by atoms with Crippen molar-refractivity contribution in [2.24, 2.45) is 0 Å². The molecule has 140 valence electrons. The summed E-state index contributed by atoms with van der Waals surface area (Å²) in [5, 5.41) is 18.6. The molecule has 0 amide bonds. The number of aromatic carboxylic acids is 1. The van der Waals surface area contributed by atoms with Crippen LogP contribution in [0.3, 0.4) is 0 Å². The largest absolute Gasteiger partial charge is 0.497 e. The van der Waals surface area contributed by atoms with E-state index in [-0.39, 0.29) is 5.56 Å². The van der Waals surface area contributed by atoms with Crippen molar-refractivity contribution in [3.63, 3.8) is 0 Å². The molecule has 0 saturated carbocycles. The molecular formula is C23H20N2O3. The third-order valence-electron chi connectivity index (χ3n) is 4.64. The zero-order valence-corrected chi connectivity index (χ0v) is 15.9. The van der Waals surface area contributed by atoms with Crippen molar-refractivity contribution in [3.8, 4) is 17.5 Å². The predicted octanol–water partition coefficient (Wildman–Crippen LogP) is 4.87. The van der Waals surface area contributed by atoms with Crippen LogP contribution in [0.4, 0.5) is 0 Å². The van der Waals surface area contributed by atoms with Gasteiger partial charge in [0.1, 0.15) is 5.75 Å². The van der Waals surface area contributed by atoms with Crippen LogP contribution >= 0.6 is 0 Å². The second kappa shape index (κ2) is 7.85. The van der Waals surface area contributed by atoms with E-state index >= 15 is 0 Å². The molecule has 0 atom stereocenters. The molecule has 1 N–H and O–H groups in total. The number of hydrogen-bond donors (Lipinski definition) is 1. The van der Waals surface area contributed by atoms with Gasteiger partial charge < -0.3 is 14.4 Å². The quantitative estimate of drug-likeness (QED) is 0.649. The smallest absolute Gasteiger partial charge is 0.335 e. The number of carbonyl (C=O) groups is 1. The zero-order chi connectivity index (χ0) is 20.3. The number of aromatic nitrogens is 1. The Hall–Kier alpha value is -3.78. The van der Waals surface area contributed by atoms with Crippen LogP contribution in [0.25, 0.3) is 17.3 Å².